The van der Waals surface area contributed by atoms with Gasteiger partial charge in [0.2, 0.25) is 0 Å². The molecule has 94 valence electrons. The van der Waals surface area contributed by atoms with Gasteiger partial charge in [-0.25, -0.2) is 0 Å². The summed E-state index contributed by atoms with van der Waals surface area (Å²) in [7, 11) is 1.61. The number of hydrogen-bond donors (Lipinski definition) is 2. The highest BCUT2D eigenvalue weighted by molar-refractivity contribution is 7.99. The molecule has 1 aromatic heterocycles. The summed E-state index contributed by atoms with van der Waals surface area (Å²) >= 11 is 1.23. The standard InChI is InChI=1S/C11H12N4O2S/c1-6-4-3-5-7(8(6)12)18-11-13-9(16)10(17)14-15(11)2/h3-5H,12H2,1-2H3,(H,14,17). The maximum absolute atomic E-state index is 11.2. The van der Waals surface area contributed by atoms with Crippen molar-refractivity contribution in [1.82, 2.24) is 14.8 Å². The lowest BCUT2D eigenvalue weighted by molar-refractivity contribution is 0.596. The van der Waals surface area contributed by atoms with Crippen molar-refractivity contribution >= 4 is 17.4 Å². The molecular formula is C11H12N4O2S. The van der Waals surface area contributed by atoms with Gasteiger partial charge in [0.05, 0.1) is 0 Å². The van der Waals surface area contributed by atoms with Crippen molar-refractivity contribution in [2.24, 2.45) is 7.05 Å². The van der Waals surface area contributed by atoms with Crippen LogP contribution < -0.4 is 16.9 Å². The SMILES string of the molecule is Cc1cccc(Sc2nc(=O)c(=O)[nH]n2C)c1N. The average molecular weight is 264 g/mol. The second-order valence-electron chi connectivity index (χ2n) is 3.79. The molecule has 0 saturated carbocycles. The molecule has 2 rings (SSSR count). The fourth-order valence-electron chi connectivity index (χ4n) is 1.39. The van der Waals surface area contributed by atoms with Crippen LogP contribution in [0.1, 0.15) is 5.56 Å². The topological polar surface area (TPSA) is 93.8 Å². The second kappa shape index (κ2) is 4.69. The van der Waals surface area contributed by atoms with Gasteiger partial charge in [-0.2, -0.15) is 4.98 Å². The average Bonchev–Trinajstić information content (AvgIpc) is 2.32. The van der Waals surface area contributed by atoms with E-state index < -0.39 is 11.1 Å². The van der Waals surface area contributed by atoms with Crippen LogP contribution in [0.3, 0.4) is 0 Å². The molecule has 3 N–H and O–H groups in total. The lowest BCUT2D eigenvalue weighted by Crippen LogP contribution is -2.33. The Morgan fingerprint density at radius 1 is 1.39 bits per heavy atom. The van der Waals surface area contributed by atoms with Gasteiger partial charge < -0.3 is 5.73 Å². The molecule has 0 aliphatic heterocycles. The smallest absolute Gasteiger partial charge is 0.339 e. The first-order chi connectivity index (χ1) is 8.49. The number of para-hydroxylation sites is 1. The summed E-state index contributed by atoms with van der Waals surface area (Å²) in [6.45, 7) is 1.90. The second-order valence-corrected chi connectivity index (χ2v) is 4.80. The van der Waals surface area contributed by atoms with E-state index in [0.29, 0.717) is 10.8 Å². The molecule has 0 unspecified atom stereocenters. The summed E-state index contributed by atoms with van der Waals surface area (Å²) < 4.78 is 1.40. The Bertz CT molecular complexity index is 705. The predicted molar refractivity (Wildman–Crippen MR) is 69.8 cm³/mol. The largest absolute Gasteiger partial charge is 0.398 e. The molecule has 0 radical (unpaired) electrons. The third-order valence-electron chi connectivity index (χ3n) is 2.43. The minimum Gasteiger partial charge on any atom is -0.398 e. The Hall–Kier alpha value is -2.02. The number of nitrogen functional groups attached to an aromatic ring is 1. The number of anilines is 1. The highest BCUT2D eigenvalue weighted by Gasteiger charge is 2.09. The van der Waals surface area contributed by atoms with Crippen LogP contribution in [0.25, 0.3) is 0 Å². The van der Waals surface area contributed by atoms with Crippen LogP contribution in [0.5, 0.6) is 0 Å². The van der Waals surface area contributed by atoms with Gasteiger partial charge in [-0.3, -0.25) is 19.4 Å². The molecule has 0 atom stereocenters. The van der Waals surface area contributed by atoms with Gasteiger partial charge in [0.15, 0.2) is 5.16 Å². The van der Waals surface area contributed by atoms with Crippen LogP contribution in [0.2, 0.25) is 0 Å². The summed E-state index contributed by atoms with van der Waals surface area (Å²) in [5.74, 6) is 0. The van der Waals surface area contributed by atoms with Gasteiger partial charge in [-0.1, -0.05) is 12.1 Å². The van der Waals surface area contributed by atoms with E-state index in [9.17, 15) is 9.59 Å². The molecule has 0 fully saturated rings. The van der Waals surface area contributed by atoms with E-state index in [-0.39, 0.29) is 0 Å². The Labute approximate surface area is 107 Å². The first-order valence-corrected chi connectivity index (χ1v) is 6.01. The van der Waals surface area contributed by atoms with Crippen molar-refractivity contribution in [3.05, 3.63) is 44.5 Å². The summed E-state index contributed by atoms with van der Waals surface area (Å²) in [5, 5.41) is 2.77. The summed E-state index contributed by atoms with van der Waals surface area (Å²) in [6.07, 6.45) is 0. The van der Waals surface area contributed by atoms with Gasteiger partial charge in [0, 0.05) is 17.6 Å². The first-order valence-electron chi connectivity index (χ1n) is 5.19. The molecular weight excluding hydrogens is 252 g/mol. The van der Waals surface area contributed by atoms with Crippen molar-refractivity contribution < 1.29 is 0 Å². The maximum atomic E-state index is 11.2. The third kappa shape index (κ3) is 2.30. The van der Waals surface area contributed by atoms with Crippen LogP contribution in [0, 0.1) is 6.92 Å². The summed E-state index contributed by atoms with van der Waals surface area (Å²) in [5.41, 5.74) is 5.99. The van der Waals surface area contributed by atoms with Gasteiger partial charge in [-0.15, -0.1) is 0 Å². The molecule has 7 heteroatoms. The van der Waals surface area contributed by atoms with E-state index in [1.165, 1.54) is 16.4 Å². The third-order valence-corrected chi connectivity index (χ3v) is 3.56. The molecule has 0 saturated heterocycles. The quantitative estimate of drug-likeness (QED) is 0.609. The Balaban J connectivity index is 2.46. The number of hydrogen-bond acceptors (Lipinski definition) is 5. The zero-order valence-electron chi connectivity index (χ0n) is 9.93. The minimum absolute atomic E-state index is 0.386. The molecule has 1 aromatic carbocycles. The molecule has 0 bridgehead atoms. The van der Waals surface area contributed by atoms with Crippen molar-refractivity contribution in [3.8, 4) is 0 Å². The van der Waals surface area contributed by atoms with Gasteiger partial charge >= 0.3 is 11.1 Å². The lowest BCUT2D eigenvalue weighted by atomic mass is 10.2. The monoisotopic (exact) mass is 264 g/mol. The molecule has 0 aliphatic carbocycles. The van der Waals surface area contributed by atoms with Gasteiger partial charge in [0.1, 0.15) is 0 Å². The molecule has 6 nitrogen and oxygen atoms in total. The van der Waals surface area contributed by atoms with E-state index in [2.05, 4.69) is 10.1 Å². The van der Waals surface area contributed by atoms with E-state index in [4.69, 9.17) is 5.73 Å². The number of aromatic nitrogens is 3. The number of benzene rings is 1. The Morgan fingerprint density at radius 3 is 2.83 bits per heavy atom. The number of rotatable bonds is 2. The van der Waals surface area contributed by atoms with Crippen LogP contribution in [-0.4, -0.2) is 14.8 Å². The lowest BCUT2D eigenvalue weighted by Gasteiger charge is -2.09. The van der Waals surface area contributed by atoms with Crippen molar-refractivity contribution in [2.75, 3.05) is 5.73 Å². The number of aryl methyl sites for hydroxylation is 2. The highest BCUT2D eigenvalue weighted by atomic mass is 32.2. The highest BCUT2D eigenvalue weighted by Crippen LogP contribution is 2.31. The van der Waals surface area contributed by atoms with Crippen molar-refractivity contribution in [3.63, 3.8) is 0 Å². The first kappa shape index (κ1) is 12.4. The van der Waals surface area contributed by atoms with E-state index in [1.54, 1.807) is 7.05 Å². The normalized spacial score (nSPS) is 10.6. The number of nitrogens with zero attached hydrogens (tertiary/aromatic N) is 2. The summed E-state index contributed by atoms with van der Waals surface area (Å²) in [4.78, 5) is 26.8. The molecule has 0 aliphatic rings. The zero-order chi connectivity index (χ0) is 13.3. The van der Waals surface area contributed by atoms with E-state index in [1.807, 2.05) is 25.1 Å². The minimum atomic E-state index is -0.804. The molecule has 0 amide bonds. The van der Waals surface area contributed by atoms with E-state index >= 15 is 0 Å². The fourth-order valence-corrected chi connectivity index (χ4v) is 2.32. The van der Waals surface area contributed by atoms with Crippen LogP contribution in [0.4, 0.5) is 5.69 Å². The predicted octanol–water partition coefficient (Wildman–Crippen LogP) is 0.510. The fraction of sp³-hybridized carbons (Fsp3) is 0.182. The summed E-state index contributed by atoms with van der Waals surface area (Å²) in [6, 6.07) is 5.61. The Morgan fingerprint density at radius 2 is 2.11 bits per heavy atom. The molecule has 18 heavy (non-hydrogen) atoms. The van der Waals surface area contributed by atoms with E-state index in [0.717, 1.165) is 10.5 Å². The van der Waals surface area contributed by atoms with Gasteiger partial charge in [0.25, 0.3) is 0 Å². The van der Waals surface area contributed by atoms with Gasteiger partial charge in [-0.05, 0) is 30.3 Å². The van der Waals surface area contributed by atoms with Crippen LogP contribution >= 0.6 is 11.8 Å². The molecule has 0 spiro atoms. The number of nitrogens with one attached hydrogen (secondary N) is 1. The number of H-pyrrole nitrogens is 1. The number of nitrogens with two attached hydrogens (primary N) is 1. The van der Waals surface area contributed by atoms with Crippen LogP contribution in [-0.2, 0) is 7.05 Å². The van der Waals surface area contributed by atoms with Crippen molar-refractivity contribution in [1.29, 1.82) is 0 Å². The van der Waals surface area contributed by atoms with Crippen LogP contribution in [0.15, 0.2) is 37.8 Å². The van der Waals surface area contributed by atoms with Crippen molar-refractivity contribution in [2.45, 2.75) is 17.0 Å². The number of aromatic amines is 1. The maximum Gasteiger partial charge on any atom is 0.339 e. The molecule has 1 heterocycles. The Kier molecular flexibility index (Phi) is 3.24. The zero-order valence-corrected chi connectivity index (χ0v) is 10.7. The molecule has 2 aromatic rings.